The molecule has 1 heterocycles. The Hall–Kier alpha value is -1.38. The van der Waals surface area contributed by atoms with Crippen LogP contribution in [0.25, 0.3) is 0 Å². The molecule has 3 nitrogen and oxygen atoms in total. The minimum atomic E-state index is 0.763. The molecular weight excluding hydrogens is 138 g/mol. The van der Waals surface area contributed by atoms with Gasteiger partial charge in [0.25, 0.3) is 0 Å². The van der Waals surface area contributed by atoms with Crippen LogP contribution in [0.3, 0.4) is 0 Å². The van der Waals surface area contributed by atoms with E-state index in [1.807, 2.05) is 6.21 Å². The normalized spacial score (nSPS) is 17.2. The summed E-state index contributed by atoms with van der Waals surface area (Å²) in [6.45, 7) is 4.41. The molecule has 0 atom stereocenters. The van der Waals surface area contributed by atoms with E-state index in [1.165, 1.54) is 0 Å². The molecule has 0 aromatic heterocycles. The minimum absolute atomic E-state index is 0.763. The molecule has 0 aromatic rings. The summed E-state index contributed by atoms with van der Waals surface area (Å²) in [7, 11) is 1.73. The van der Waals surface area contributed by atoms with Crippen molar-refractivity contribution < 1.29 is 0 Å². The van der Waals surface area contributed by atoms with Gasteiger partial charge in [-0.25, -0.2) is 0 Å². The highest BCUT2D eigenvalue weighted by molar-refractivity contribution is 5.82. The Morgan fingerprint density at radius 2 is 2.64 bits per heavy atom. The monoisotopic (exact) mass is 149 g/mol. The van der Waals surface area contributed by atoms with Gasteiger partial charge in [-0.05, 0) is 6.08 Å². The van der Waals surface area contributed by atoms with Gasteiger partial charge in [0.2, 0.25) is 0 Å². The van der Waals surface area contributed by atoms with Crippen LogP contribution in [0.4, 0.5) is 0 Å². The first-order valence-corrected chi connectivity index (χ1v) is 3.43. The second kappa shape index (κ2) is 3.71. The summed E-state index contributed by atoms with van der Waals surface area (Å²) in [6.07, 6.45) is 5.26. The number of allylic oxidation sites excluding steroid dienone is 2. The van der Waals surface area contributed by atoms with Crippen molar-refractivity contribution in [1.82, 2.24) is 5.32 Å². The third-order valence-electron chi connectivity index (χ3n) is 1.34. The van der Waals surface area contributed by atoms with Crippen molar-refractivity contribution in [3.8, 4) is 0 Å². The maximum atomic E-state index is 4.13. The van der Waals surface area contributed by atoms with Gasteiger partial charge < -0.3 is 5.32 Å². The summed E-state index contributed by atoms with van der Waals surface area (Å²) in [5.41, 5.74) is 1.78. The summed E-state index contributed by atoms with van der Waals surface area (Å²) < 4.78 is 0. The van der Waals surface area contributed by atoms with Crippen molar-refractivity contribution in [1.29, 1.82) is 0 Å². The molecule has 1 aliphatic heterocycles. The van der Waals surface area contributed by atoms with E-state index < -0.39 is 0 Å². The first-order chi connectivity index (χ1) is 5.38. The number of nitrogens with zero attached hydrogens (tertiary/aromatic N) is 2. The average Bonchev–Trinajstić information content (AvgIpc) is 2.06. The average molecular weight is 149 g/mol. The largest absolute Gasteiger partial charge is 0.377 e. The number of hydrogen-bond acceptors (Lipinski definition) is 3. The third-order valence-corrected chi connectivity index (χ3v) is 1.34. The predicted octanol–water partition coefficient (Wildman–Crippen LogP) is 0.759. The molecule has 0 unspecified atom stereocenters. The highest BCUT2D eigenvalue weighted by Crippen LogP contribution is 2.04. The molecule has 0 amide bonds. The van der Waals surface area contributed by atoms with E-state index in [4.69, 9.17) is 0 Å². The van der Waals surface area contributed by atoms with E-state index in [0.717, 1.165) is 17.9 Å². The second-order valence-corrected chi connectivity index (χ2v) is 2.08. The zero-order valence-corrected chi connectivity index (χ0v) is 6.54. The van der Waals surface area contributed by atoms with Crippen molar-refractivity contribution in [2.75, 3.05) is 13.6 Å². The fraction of sp³-hybridized carbons (Fsp3) is 0.250. The van der Waals surface area contributed by atoms with E-state index in [-0.39, 0.29) is 0 Å². The maximum Gasteiger partial charge on any atom is 0.0867 e. The molecule has 1 N–H and O–H groups in total. The van der Waals surface area contributed by atoms with Crippen molar-refractivity contribution in [3.63, 3.8) is 0 Å². The van der Waals surface area contributed by atoms with Gasteiger partial charge >= 0.3 is 0 Å². The number of hydrogen-bond donors (Lipinski definition) is 1. The molecule has 11 heavy (non-hydrogen) atoms. The van der Waals surface area contributed by atoms with Crippen LogP contribution in [0.5, 0.6) is 0 Å². The Bertz CT molecular complexity index is 236. The summed E-state index contributed by atoms with van der Waals surface area (Å²) in [4.78, 5) is 8.02. The standard InChI is InChI=1S/C8H11N3/c1-3-7-8(6-9-2)11-5-4-10-7/h3-4,6,11H,1,5H2,2H3. The van der Waals surface area contributed by atoms with Crippen LogP contribution in [0, 0.1) is 0 Å². The molecule has 0 saturated heterocycles. The van der Waals surface area contributed by atoms with E-state index in [2.05, 4.69) is 21.9 Å². The molecule has 3 heteroatoms. The molecule has 0 saturated carbocycles. The van der Waals surface area contributed by atoms with Crippen molar-refractivity contribution in [2.24, 2.45) is 9.98 Å². The van der Waals surface area contributed by atoms with Gasteiger partial charge in [0.05, 0.1) is 17.9 Å². The highest BCUT2D eigenvalue weighted by atomic mass is 15.0. The molecule has 0 spiro atoms. The van der Waals surface area contributed by atoms with Crippen molar-refractivity contribution in [2.45, 2.75) is 0 Å². The van der Waals surface area contributed by atoms with Gasteiger partial charge in [-0.3, -0.25) is 9.98 Å². The number of rotatable bonds is 2. The van der Waals surface area contributed by atoms with Gasteiger partial charge in [0.1, 0.15) is 0 Å². The molecule has 0 aromatic carbocycles. The molecule has 0 fully saturated rings. The Labute approximate surface area is 66.2 Å². The van der Waals surface area contributed by atoms with E-state index in [9.17, 15) is 0 Å². The Morgan fingerprint density at radius 3 is 3.27 bits per heavy atom. The SMILES string of the molecule is C=CC1=C(C=NC)NCC=N1. The highest BCUT2D eigenvalue weighted by Gasteiger charge is 2.01. The van der Waals surface area contributed by atoms with Crippen LogP contribution in [-0.2, 0) is 0 Å². The van der Waals surface area contributed by atoms with Crippen LogP contribution >= 0.6 is 0 Å². The lowest BCUT2D eigenvalue weighted by molar-refractivity contribution is 0.951. The first-order valence-electron chi connectivity index (χ1n) is 3.43. The quantitative estimate of drug-likeness (QED) is 0.578. The molecule has 58 valence electrons. The van der Waals surface area contributed by atoms with Crippen LogP contribution in [0.2, 0.25) is 0 Å². The predicted molar refractivity (Wildman–Crippen MR) is 48.1 cm³/mol. The molecule has 0 bridgehead atoms. The molecule has 0 aliphatic carbocycles. The molecular formula is C8H11N3. The van der Waals surface area contributed by atoms with Gasteiger partial charge in [-0.2, -0.15) is 0 Å². The van der Waals surface area contributed by atoms with Crippen LogP contribution in [0.15, 0.2) is 34.0 Å². The van der Waals surface area contributed by atoms with Gasteiger partial charge in [-0.15, -0.1) is 0 Å². The number of aliphatic imine (C=N–C) groups is 2. The summed E-state index contributed by atoms with van der Waals surface area (Å²) >= 11 is 0. The fourth-order valence-electron chi connectivity index (χ4n) is 0.863. The zero-order chi connectivity index (χ0) is 8.10. The maximum absolute atomic E-state index is 4.13. The fourth-order valence-corrected chi connectivity index (χ4v) is 0.863. The Balaban J connectivity index is 2.91. The van der Waals surface area contributed by atoms with Gasteiger partial charge in [0.15, 0.2) is 0 Å². The molecule has 1 aliphatic rings. The van der Waals surface area contributed by atoms with Gasteiger partial charge in [-0.1, -0.05) is 6.58 Å². The van der Waals surface area contributed by atoms with Crippen molar-refractivity contribution >= 4 is 12.4 Å². The molecule has 1 rings (SSSR count). The summed E-state index contributed by atoms with van der Waals surface area (Å²) in [5, 5.41) is 3.13. The smallest absolute Gasteiger partial charge is 0.0867 e. The second-order valence-electron chi connectivity index (χ2n) is 2.08. The van der Waals surface area contributed by atoms with E-state index >= 15 is 0 Å². The first kappa shape index (κ1) is 7.72. The Kier molecular flexibility index (Phi) is 2.60. The number of nitrogens with one attached hydrogen (secondary N) is 1. The summed E-state index contributed by atoms with van der Waals surface area (Å²) in [5.74, 6) is 0. The summed E-state index contributed by atoms with van der Waals surface area (Å²) in [6, 6.07) is 0. The third kappa shape index (κ3) is 1.77. The lowest BCUT2D eigenvalue weighted by Crippen LogP contribution is -2.21. The van der Waals surface area contributed by atoms with E-state index in [0.29, 0.717) is 0 Å². The van der Waals surface area contributed by atoms with Crippen LogP contribution in [0.1, 0.15) is 0 Å². The van der Waals surface area contributed by atoms with Crippen LogP contribution in [-0.4, -0.2) is 26.0 Å². The lowest BCUT2D eigenvalue weighted by Gasteiger charge is -2.10. The zero-order valence-electron chi connectivity index (χ0n) is 6.54. The van der Waals surface area contributed by atoms with E-state index in [1.54, 1.807) is 19.3 Å². The topological polar surface area (TPSA) is 36.8 Å². The van der Waals surface area contributed by atoms with Crippen LogP contribution < -0.4 is 5.32 Å². The lowest BCUT2D eigenvalue weighted by atomic mass is 10.3. The Morgan fingerprint density at radius 1 is 1.82 bits per heavy atom. The molecule has 0 radical (unpaired) electrons. The van der Waals surface area contributed by atoms with Crippen molar-refractivity contribution in [3.05, 3.63) is 24.0 Å². The minimum Gasteiger partial charge on any atom is -0.377 e. The van der Waals surface area contributed by atoms with Gasteiger partial charge in [0, 0.05) is 19.5 Å².